The van der Waals surface area contributed by atoms with Crippen LogP contribution in [0.2, 0.25) is 0 Å². The highest BCUT2D eigenvalue weighted by molar-refractivity contribution is 5.07. The second-order valence-electron chi connectivity index (χ2n) is 8.20. The molecule has 2 heteroatoms. The number of hydrogen-bond donors (Lipinski definition) is 1. The van der Waals surface area contributed by atoms with Gasteiger partial charge >= 0.3 is 0 Å². The van der Waals surface area contributed by atoms with Gasteiger partial charge in [0.25, 0.3) is 0 Å². The molecule has 1 aliphatic heterocycles. The van der Waals surface area contributed by atoms with Crippen molar-refractivity contribution in [2.45, 2.75) is 83.8 Å². The Kier molecular flexibility index (Phi) is 3.46. The summed E-state index contributed by atoms with van der Waals surface area (Å²) in [4.78, 5) is 2.90. The maximum atomic E-state index is 3.90. The van der Waals surface area contributed by atoms with Crippen molar-refractivity contribution in [3.8, 4) is 0 Å². The third-order valence-corrected chi connectivity index (χ3v) is 6.27. The summed E-state index contributed by atoms with van der Waals surface area (Å²) in [6.07, 6.45) is 8.45. The topological polar surface area (TPSA) is 15.3 Å². The van der Waals surface area contributed by atoms with Gasteiger partial charge in [-0.25, -0.2) is 0 Å². The van der Waals surface area contributed by atoms with Crippen molar-refractivity contribution in [2.24, 2.45) is 11.3 Å². The molecule has 0 bridgehead atoms. The minimum absolute atomic E-state index is 0.393. The second-order valence-corrected chi connectivity index (χ2v) is 8.20. The van der Waals surface area contributed by atoms with Gasteiger partial charge in [-0.1, -0.05) is 27.2 Å². The molecule has 3 fully saturated rings. The van der Waals surface area contributed by atoms with Crippen molar-refractivity contribution in [3.05, 3.63) is 0 Å². The first-order valence-corrected chi connectivity index (χ1v) is 8.47. The van der Waals surface area contributed by atoms with Gasteiger partial charge in [0.1, 0.15) is 0 Å². The second kappa shape index (κ2) is 4.73. The molecule has 3 atom stereocenters. The van der Waals surface area contributed by atoms with Crippen LogP contribution in [-0.4, -0.2) is 35.6 Å². The summed E-state index contributed by atoms with van der Waals surface area (Å²) in [5.41, 5.74) is 0.916. The molecule has 0 aromatic heterocycles. The first-order valence-electron chi connectivity index (χ1n) is 8.47. The Bertz CT molecular complexity index is 334. The molecule has 0 radical (unpaired) electrons. The monoisotopic (exact) mass is 264 g/mol. The Hall–Kier alpha value is -0.0800. The van der Waals surface area contributed by atoms with E-state index in [4.69, 9.17) is 0 Å². The highest BCUT2D eigenvalue weighted by atomic mass is 15.3. The van der Waals surface area contributed by atoms with Crippen molar-refractivity contribution in [1.29, 1.82) is 0 Å². The molecule has 19 heavy (non-hydrogen) atoms. The molecule has 0 spiro atoms. The van der Waals surface area contributed by atoms with E-state index in [1.54, 1.807) is 0 Å². The molecule has 1 heterocycles. The van der Waals surface area contributed by atoms with Gasteiger partial charge in [0.05, 0.1) is 0 Å². The lowest BCUT2D eigenvalue weighted by Crippen LogP contribution is -2.66. The summed E-state index contributed by atoms with van der Waals surface area (Å²) in [5.74, 6) is 0.942. The highest BCUT2D eigenvalue weighted by Crippen LogP contribution is 2.46. The molecule has 0 amide bonds. The number of piperazine rings is 1. The summed E-state index contributed by atoms with van der Waals surface area (Å²) in [6.45, 7) is 12.3. The van der Waals surface area contributed by atoms with Crippen LogP contribution in [-0.2, 0) is 0 Å². The van der Waals surface area contributed by atoms with Crippen LogP contribution in [0.4, 0.5) is 0 Å². The highest BCUT2D eigenvalue weighted by Gasteiger charge is 2.49. The quantitative estimate of drug-likeness (QED) is 0.840. The molecule has 110 valence electrons. The molecule has 0 aromatic rings. The van der Waals surface area contributed by atoms with Gasteiger partial charge in [0.15, 0.2) is 0 Å². The minimum Gasteiger partial charge on any atom is -0.308 e. The fourth-order valence-electron chi connectivity index (χ4n) is 4.69. The van der Waals surface area contributed by atoms with E-state index in [1.165, 1.54) is 51.6 Å². The number of hydrogen-bond acceptors (Lipinski definition) is 2. The molecular formula is C17H32N2. The normalized spacial score (nSPS) is 43.6. The zero-order chi connectivity index (χ0) is 13.7. The third kappa shape index (κ3) is 2.47. The maximum absolute atomic E-state index is 3.90. The van der Waals surface area contributed by atoms with Crippen LogP contribution in [0.3, 0.4) is 0 Å². The van der Waals surface area contributed by atoms with Crippen LogP contribution < -0.4 is 5.32 Å². The van der Waals surface area contributed by atoms with Crippen molar-refractivity contribution in [1.82, 2.24) is 10.2 Å². The molecule has 2 saturated carbocycles. The zero-order valence-electron chi connectivity index (χ0n) is 13.3. The summed E-state index contributed by atoms with van der Waals surface area (Å²) in [6, 6.07) is 1.58. The van der Waals surface area contributed by atoms with E-state index in [9.17, 15) is 0 Å². The predicted octanol–water partition coefficient (Wildman–Crippen LogP) is 3.42. The van der Waals surface area contributed by atoms with E-state index in [0.29, 0.717) is 11.0 Å². The smallest absolute Gasteiger partial charge is 0.0309 e. The molecule has 3 rings (SSSR count). The lowest BCUT2D eigenvalue weighted by molar-refractivity contribution is 0.00299. The average Bonchev–Trinajstić information content (AvgIpc) is 3.14. The van der Waals surface area contributed by atoms with E-state index in [0.717, 1.165) is 18.0 Å². The Morgan fingerprint density at radius 3 is 2.42 bits per heavy atom. The summed E-state index contributed by atoms with van der Waals surface area (Å²) in [5, 5.41) is 3.90. The number of nitrogens with zero attached hydrogens (tertiary/aromatic N) is 1. The molecule has 3 unspecified atom stereocenters. The van der Waals surface area contributed by atoms with Crippen LogP contribution >= 0.6 is 0 Å². The molecule has 0 aromatic carbocycles. The van der Waals surface area contributed by atoms with Gasteiger partial charge in [0, 0.05) is 30.7 Å². The lowest BCUT2D eigenvalue weighted by atomic mass is 9.82. The van der Waals surface area contributed by atoms with E-state index >= 15 is 0 Å². The van der Waals surface area contributed by atoms with Crippen LogP contribution in [0, 0.1) is 11.3 Å². The van der Waals surface area contributed by atoms with Gasteiger partial charge in [-0.15, -0.1) is 0 Å². The minimum atomic E-state index is 0.393. The van der Waals surface area contributed by atoms with Gasteiger partial charge < -0.3 is 5.32 Å². The van der Waals surface area contributed by atoms with Crippen LogP contribution in [0.5, 0.6) is 0 Å². The number of rotatable bonds is 3. The van der Waals surface area contributed by atoms with Gasteiger partial charge in [0.2, 0.25) is 0 Å². The maximum Gasteiger partial charge on any atom is 0.0309 e. The molecular weight excluding hydrogens is 232 g/mol. The van der Waals surface area contributed by atoms with Crippen molar-refractivity contribution in [3.63, 3.8) is 0 Å². The Labute approximate surface area is 119 Å². The fourth-order valence-corrected chi connectivity index (χ4v) is 4.69. The van der Waals surface area contributed by atoms with Crippen LogP contribution in [0.15, 0.2) is 0 Å². The van der Waals surface area contributed by atoms with E-state index in [1.807, 2.05) is 0 Å². The van der Waals surface area contributed by atoms with E-state index in [2.05, 4.69) is 37.9 Å². The zero-order valence-corrected chi connectivity index (χ0v) is 13.3. The fraction of sp³-hybridized carbons (Fsp3) is 1.00. The Balaban J connectivity index is 1.79. The SMILES string of the molecule is CCC1CNC(C)(C2CC2)CN1C1CCCC1(C)C. The first-order chi connectivity index (χ1) is 8.96. The van der Waals surface area contributed by atoms with Crippen molar-refractivity contribution in [2.75, 3.05) is 13.1 Å². The average molecular weight is 264 g/mol. The van der Waals surface area contributed by atoms with Crippen LogP contribution in [0.1, 0.15) is 66.2 Å². The van der Waals surface area contributed by atoms with Gasteiger partial charge in [-0.2, -0.15) is 0 Å². The molecule has 2 aliphatic carbocycles. The first kappa shape index (κ1) is 13.9. The van der Waals surface area contributed by atoms with Crippen molar-refractivity contribution >= 4 is 0 Å². The van der Waals surface area contributed by atoms with Gasteiger partial charge in [-0.05, 0) is 50.4 Å². The Morgan fingerprint density at radius 1 is 1.16 bits per heavy atom. The number of nitrogens with one attached hydrogen (secondary N) is 1. The predicted molar refractivity (Wildman–Crippen MR) is 81.3 cm³/mol. The summed E-state index contributed by atoms with van der Waals surface area (Å²) in [7, 11) is 0. The third-order valence-electron chi connectivity index (χ3n) is 6.27. The summed E-state index contributed by atoms with van der Waals surface area (Å²) < 4.78 is 0. The van der Waals surface area contributed by atoms with E-state index in [-0.39, 0.29) is 0 Å². The molecule has 1 saturated heterocycles. The molecule has 3 aliphatic rings. The molecule has 2 nitrogen and oxygen atoms in total. The molecule has 1 N–H and O–H groups in total. The van der Waals surface area contributed by atoms with Crippen molar-refractivity contribution < 1.29 is 0 Å². The summed E-state index contributed by atoms with van der Waals surface area (Å²) >= 11 is 0. The van der Waals surface area contributed by atoms with Gasteiger partial charge in [-0.3, -0.25) is 4.90 Å². The lowest BCUT2D eigenvalue weighted by Gasteiger charge is -2.51. The Morgan fingerprint density at radius 2 is 1.89 bits per heavy atom. The van der Waals surface area contributed by atoms with Crippen LogP contribution in [0.25, 0.3) is 0 Å². The van der Waals surface area contributed by atoms with E-state index < -0.39 is 0 Å². The largest absolute Gasteiger partial charge is 0.308 e. The standard InChI is InChI=1S/C17H32N2/c1-5-14-11-18-17(4,13-8-9-13)12-19(14)15-7-6-10-16(15,2)3/h13-15,18H,5-12H2,1-4H3.